The summed E-state index contributed by atoms with van der Waals surface area (Å²) < 4.78 is 12.1. The highest BCUT2D eigenvalue weighted by Crippen LogP contribution is 2.38. The molecule has 1 heterocycles. The van der Waals surface area contributed by atoms with E-state index < -0.39 is 0 Å². The first kappa shape index (κ1) is 29.7. The Morgan fingerprint density at radius 3 is 2.30 bits per heavy atom. The number of nitrogens with one attached hydrogen (secondary N) is 1. The molecule has 4 aromatic carbocycles. The monoisotopic (exact) mass is 605 g/mol. The van der Waals surface area contributed by atoms with Gasteiger partial charge < -0.3 is 14.8 Å². The minimum absolute atomic E-state index is 0.0679. The molecule has 0 saturated heterocycles. The van der Waals surface area contributed by atoms with E-state index in [1.54, 1.807) is 24.3 Å². The van der Waals surface area contributed by atoms with Crippen molar-refractivity contribution in [2.24, 2.45) is 0 Å². The van der Waals surface area contributed by atoms with Gasteiger partial charge in [0.2, 0.25) is 5.91 Å². The van der Waals surface area contributed by atoms with Gasteiger partial charge in [-0.15, -0.1) is 0 Å². The molecule has 43 heavy (non-hydrogen) atoms. The van der Waals surface area contributed by atoms with E-state index in [4.69, 9.17) is 26.1 Å². The fraction of sp³-hybridized carbons (Fsp3) is 0.114. The standard InChI is InChI=1S/C35H28ClN3O3S/c1-2-41-33-19-26(13-18-32(33)42-22-24-9-5-3-6-10-24)29-20-31(25-11-7-4-8-12-25)39-35(30(29)21-37)43-23-34(40)38-28-16-14-27(36)15-17-28/h3-20H,2,22-23H2,1H3,(H,38,40). The summed E-state index contributed by atoms with van der Waals surface area (Å²) in [5.74, 6) is 1.04. The topological polar surface area (TPSA) is 84.2 Å². The van der Waals surface area contributed by atoms with Gasteiger partial charge in [0.25, 0.3) is 0 Å². The second-order valence-corrected chi connectivity index (χ2v) is 10.8. The predicted octanol–water partition coefficient (Wildman–Crippen LogP) is 8.65. The number of hydrogen-bond donors (Lipinski definition) is 1. The number of ether oxygens (including phenoxy) is 2. The van der Waals surface area contributed by atoms with Crippen molar-refractivity contribution in [1.82, 2.24) is 4.98 Å². The van der Waals surface area contributed by atoms with Gasteiger partial charge in [-0.25, -0.2) is 4.98 Å². The molecule has 214 valence electrons. The average molecular weight is 606 g/mol. The number of benzene rings is 4. The van der Waals surface area contributed by atoms with E-state index in [9.17, 15) is 10.1 Å². The van der Waals surface area contributed by atoms with Crippen molar-refractivity contribution in [1.29, 1.82) is 5.26 Å². The lowest BCUT2D eigenvalue weighted by Crippen LogP contribution is -2.14. The van der Waals surface area contributed by atoms with E-state index in [-0.39, 0.29) is 11.7 Å². The second kappa shape index (κ2) is 14.4. The van der Waals surface area contributed by atoms with Crippen LogP contribution in [0.25, 0.3) is 22.4 Å². The quantitative estimate of drug-likeness (QED) is 0.152. The largest absolute Gasteiger partial charge is 0.490 e. The number of thioether (sulfide) groups is 1. The number of nitrogens with zero attached hydrogens (tertiary/aromatic N) is 2. The van der Waals surface area contributed by atoms with E-state index in [1.165, 1.54) is 11.8 Å². The third kappa shape index (κ3) is 7.75. The Bertz CT molecular complexity index is 1740. The zero-order valence-electron chi connectivity index (χ0n) is 23.4. The van der Waals surface area contributed by atoms with Crippen molar-refractivity contribution in [3.05, 3.63) is 125 Å². The van der Waals surface area contributed by atoms with Crippen LogP contribution in [0.1, 0.15) is 18.1 Å². The first-order valence-electron chi connectivity index (χ1n) is 13.7. The number of aromatic nitrogens is 1. The summed E-state index contributed by atoms with van der Waals surface area (Å²) in [4.78, 5) is 17.6. The number of carbonyl (C=O) groups excluding carboxylic acids is 1. The molecule has 6 nitrogen and oxygen atoms in total. The highest BCUT2D eigenvalue weighted by Gasteiger charge is 2.19. The van der Waals surface area contributed by atoms with Crippen molar-refractivity contribution in [2.45, 2.75) is 18.6 Å². The number of halogens is 1. The molecule has 1 aromatic heterocycles. The van der Waals surface area contributed by atoms with Crippen LogP contribution in [-0.4, -0.2) is 23.3 Å². The van der Waals surface area contributed by atoms with Crippen LogP contribution in [0.3, 0.4) is 0 Å². The van der Waals surface area contributed by atoms with Crippen LogP contribution in [0.4, 0.5) is 5.69 Å². The van der Waals surface area contributed by atoms with Gasteiger partial charge in [-0.1, -0.05) is 90.1 Å². The van der Waals surface area contributed by atoms with Gasteiger partial charge in [0.1, 0.15) is 17.7 Å². The summed E-state index contributed by atoms with van der Waals surface area (Å²) in [7, 11) is 0. The van der Waals surface area contributed by atoms with Gasteiger partial charge in [0, 0.05) is 21.8 Å². The van der Waals surface area contributed by atoms with Gasteiger partial charge in [-0.2, -0.15) is 5.26 Å². The molecular formula is C35H28ClN3O3S. The minimum atomic E-state index is -0.219. The number of amides is 1. The molecule has 0 atom stereocenters. The number of hydrogen-bond acceptors (Lipinski definition) is 6. The number of pyridine rings is 1. The summed E-state index contributed by atoms with van der Waals surface area (Å²) in [5.41, 5.74) is 5.12. The summed E-state index contributed by atoms with van der Waals surface area (Å²) in [6.45, 7) is 2.76. The van der Waals surface area contributed by atoms with E-state index in [0.29, 0.717) is 57.3 Å². The lowest BCUT2D eigenvalue weighted by molar-refractivity contribution is -0.113. The Balaban J connectivity index is 1.48. The Hall–Kier alpha value is -4.77. The molecule has 8 heteroatoms. The minimum Gasteiger partial charge on any atom is -0.490 e. The molecule has 0 aliphatic heterocycles. The molecule has 0 aliphatic carbocycles. The van der Waals surface area contributed by atoms with Crippen LogP contribution in [0, 0.1) is 11.3 Å². The fourth-order valence-corrected chi connectivity index (χ4v) is 5.31. The van der Waals surface area contributed by atoms with Crippen molar-refractivity contribution in [3.8, 4) is 40.0 Å². The van der Waals surface area contributed by atoms with Gasteiger partial charge in [-0.3, -0.25) is 4.79 Å². The molecular weight excluding hydrogens is 578 g/mol. The van der Waals surface area contributed by atoms with E-state index in [1.807, 2.05) is 91.9 Å². The smallest absolute Gasteiger partial charge is 0.234 e. The van der Waals surface area contributed by atoms with Gasteiger partial charge in [0.05, 0.1) is 23.6 Å². The lowest BCUT2D eigenvalue weighted by atomic mass is 9.99. The molecule has 0 spiro atoms. The maximum Gasteiger partial charge on any atom is 0.234 e. The zero-order chi connectivity index (χ0) is 30.0. The average Bonchev–Trinajstić information content (AvgIpc) is 3.05. The van der Waals surface area contributed by atoms with E-state index in [0.717, 1.165) is 16.7 Å². The predicted molar refractivity (Wildman–Crippen MR) is 173 cm³/mol. The van der Waals surface area contributed by atoms with Gasteiger partial charge >= 0.3 is 0 Å². The molecule has 5 rings (SSSR count). The Morgan fingerprint density at radius 2 is 1.60 bits per heavy atom. The van der Waals surface area contributed by atoms with Gasteiger partial charge in [0.15, 0.2) is 11.5 Å². The molecule has 0 unspecified atom stereocenters. The summed E-state index contributed by atoms with van der Waals surface area (Å²) in [5, 5.41) is 14.2. The van der Waals surface area contributed by atoms with E-state index >= 15 is 0 Å². The Labute approximate surface area is 260 Å². The van der Waals surface area contributed by atoms with E-state index in [2.05, 4.69) is 11.4 Å². The second-order valence-electron chi connectivity index (χ2n) is 9.43. The van der Waals surface area contributed by atoms with Crippen molar-refractivity contribution >= 4 is 35.0 Å². The number of rotatable bonds is 11. The van der Waals surface area contributed by atoms with Crippen LogP contribution >= 0.6 is 23.4 Å². The Morgan fingerprint density at radius 1 is 0.884 bits per heavy atom. The van der Waals surface area contributed by atoms with Crippen molar-refractivity contribution < 1.29 is 14.3 Å². The number of carbonyl (C=O) groups is 1. The Kier molecular flexibility index (Phi) is 9.96. The van der Waals surface area contributed by atoms with Gasteiger partial charge in [-0.05, 0) is 60.5 Å². The molecule has 0 fully saturated rings. The third-order valence-electron chi connectivity index (χ3n) is 6.43. The van der Waals surface area contributed by atoms with Crippen molar-refractivity contribution in [2.75, 3.05) is 17.7 Å². The van der Waals surface area contributed by atoms with Crippen LogP contribution in [0.15, 0.2) is 114 Å². The molecule has 0 saturated carbocycles. The van der Waals surface area contributed by atoms with Crippen LogP contribution < -0.4 is 14.8 Å². The molecule has 0 aliphatic rings. The molecule has 1 N–H and O–H groups in total. The number of anilines is 1. The van der Waals surface area contributed by atoms with Crippen LogP contribution in [0.2, 0.25) is 5.02 Å². The fourth-order valence-electron chi connectivity index (χ4n) is 4.38. The SMILES string of the molecule is CCOc1cc(-c2cc(-c3ccccc3)nc(SCC(=O)Nc3ccc(Cl)cc3)c2C#N)ccc1OCc1ccccc1. The third-order valence-corrected chi connectivity index (χ3v) is 7.65. The maximum atomic E-state index is 12.8. The lowest BCUT2D eigenvalue weighted by Gasteiger charge is -2.16. The summed E-state index contributed by atoms with van der Waals surface area (Å²) in [6, 6.07) is 36.5. The van der Waals surface area contributed by atoms with Crippen LogP contribution in [0.5, 0.6) is 11.5 Å². The highest BCUT2D eigenvalue weighted by atomic mass is 35.5. The van der Waals surface area contributed by atoms with Crippen LogP contribution in [-0.2, 0) is 11.4 Å². The zero-order valence-corrected chi connectivity index (χ0v) is 25.0. The maximum absolute atomic E-state index is 12.8. The molecule has 0 bridgehead atoms. The molecule has 0 radical (unpaired) electrons. The molecule has 1 amide bonds. The summed E-state index contributed by atoms with van der Waals surface area (Å²) in [6.07, 6.45) is 0. The first-order chi connectivity index (χ1) is 21.0. The first-order valence-corrected chi connectivity index (χ1v) is 15.0. The normalized spacial score (nSPS) is 10.5. The highest BCUT2D eigenvalue weighted by molar-refractivity contribution is 8.00. The number of nitriles is 1. The summed E-state index contributed by atoms with van der Waals surface area (Å²) >= 11 is 7.18. The van der Waals surface area contributed by atoms with Crippen molar-refractivity contribution in [3.63, 3.8) is 0 Å². The molecule has 5 aromatic rings.